The lowest BCUT2D eigenvalue weighted by atomic mass is 9.67. The van der Waals surface area contributed by atoms with E-state index in [9.17, 15) is 5.11 Å². The van der Waals surface area contributed by atoms with Gasteiger partial charge in [0.15, 0.2) is 0 Å². The number of rotatable bonds is 6. The Morgan fingerprint density at radius 2 is 1.12 bits per heavy atom. The maximum atomic E-state index is 11.7. The Kier molecular flexibility index (Phi) is 5.39. The third-order valence-electron chi connectivity index (χ3n) is 7.42. The van der Waals surface area contributed by atoms with Crippen LogP contribution in [0.2, 0.25) is 0 Å². The van der Waals surface area contributed by atoms with Crippen LogP contribution in [0.15, 0.2) is 114 Å². The van der Waals surface area contributed by atoms with Gasteiger partial charge in [-0.05, 0) is 33.9 Å². The molecule has 1 heterocycles. The molecule has 5 unspecified atom stereocenters. The zero-order chi connectivity index (χ0) is 22.3. The van der Waals surface area contributed by atoms with Crippen LogP contribution in [0.1, 0.15) is 55.2 Å². The van der Waals surface area contributed by atoms with E-state index >= 15 is 0 Å². The van der Waals surface area contributed by atoms with Crippen LogP contribution in [0.5, 0.6) is 0 Å². The molecule has 3 aromatic carbocycles. The third-order valence-corrected chi connectivity index (χ3v) is 9.19. The summed E-state index contributed by atoms with van der Waals surface area (Å²) >= 11 is 1.71. The van der Waals surface area contributed by atoms with Gasteiger partial charge in [-0.25, -0.2) is 0 Å². The molecule has 2 heteroatoms. The van der Waals surface area contributed by atoms with Gasteiger partial charge >= 0.3 is 0 Å². The summed E-state index contributed by atoms with van der Waals surface area (Å²) in [5.74, 6) is 0.636. The molecule has 5 atom stereocenters. The molecule has 2 aliphatic rings. The summed E-state index contributed by atoms with van der Waals surface area (Å²) in [4.78, 5) is -0.861. The summed E-state index contributed by atoms with van der Waals surface area (Å²) in [5.41, 5.74) is 6.58. The van der Waals surface area contributed by atoms with Crippen LogP contribution in [0.3, 0.4) is 0 Å². The Balaban J connectivity index is 1.70. The monoisotopic (exact) mass is 438 g/mol. The number of hydrogen-bond acceptors (Lipinski definition) is 2. The first-order chi connectivity index (χ1) is 15.5. The molecule has 1 N–H and O–H groups in total. The van der Waals surface area contributed by atoms with E-state index < -0.39 is 4.93 Å². The maximum Gasteiger partial charge on any atom is 0.149 e. The summed E-state index contributed by atoms with van der Waals surface area (Å²) < 4.78 is -0.364. The van der Waals surface area contributed by atoms with Gasteiger partial charge in [0.2, 0.25) is 0 Å². The fourth-order valence-electron chi connectivity index (χ4n) is 5.52. The van der Waals surface area contributed by atoms with Gasteiger partial charge in [0.05, 0.1) is 4.75 Å². The first kappa shape index (κ1) is 21.3. The van der Waals surface area contributed by atoms with Crippen molar-refractivity contribution in [1.82, 2.24) is 0 Å². The molecule has 0 spiro atoms. The summed E-state index contributed by atoms with van der Waals surface area (Å²) in [5, 5.41) is 11.7. The normalized spacial score (nSPS) is 26.9. The minimum Gasteiger partial charge on any atom is -0.374 e. The number of benzene rings is 3. The van der Waals surface area contributed by atoms with E-state index in [1.807, 2.05) is 6.08 Å². The van der Waals surface area contributed by atoms with Crippen molar-refractivity contribution in [1.29, 1.82) is 0 Å². The summed E-state index contributed by atoms with van der Waals surface area (Å²) in [6.45, 7) is 6.88. The Labute approximate surface area is 195 Å². The largest absolute Gasteiger partial charge is 0.374 e. The Bertz CT molecular complexity index is 1150. The fourth-order valence-corrected chi connectivity index (χ4v) is 7.17. The molecule has 1 aliphatic heterocycles. The molecule has 1 saturated heterocycles. The molecule has 0 saturated carbocycles. The van der Waals surface area contributed by atoms with Crippen molar-refractivity contribution in [3.8, 4) is 0 Å². The van der Waals surface area contributed by atoms with E-state index in [0.717, 1.165) is 0 Å². The molecule has 162 valence electrons. The maximum absolute atomic E-state index is 11.7. The molecule has 0 radical (unpaired) electrons. The molecular formula is C30H30OS. The minimum absolute atomic E-state index is 0.183. The lowest BCUT2D eigenvalue weighted by molar-refractivity contribution is 0.182. The average Bonchev–Trinajstić information content (AvgIpc) is 3.50. The topological polar surface area (TPSA) is 20.2 Å². The SMILES string of the molecule is CC(C1=C(C(C)c2ccccc2)C2(C(C)c3ccccc3)SC2(O)C=C1)c1ccccc1. The van der Waals surface area contributed by atoms with Crippen LogP contribution in [-0.2, 0) is 0 Å². The highest BCUT2D eigenvalue weighted by atomic mass is 32.2. The second kappa shape index (κ2) is 8.10. The summed E-state index contributed by atoms with van der Waals surface area (Å²) in [6.07, 6.45) is 4.25. The lowest BCUT2D eigenvalue weighted by Crippen LogP contribution is -2.37. The quantitative estimate of drug-likeness (QED) is 0.404. The van der Waals surface area contributed by atoms with Gasteiger partial charge in [-0.1, -0.05) is 118 Å². The third kappa shape index (κ3) is 3.29. The van der Waals surface area contributed by atoms with Gasteiger partial charge in [0, 0.05) is 17.8 Å². The highest BCUT2D eigenvalue weighted by molar-refractivity contribution is 8.10. The molecule has 3 aromatic rings. The van der Waals surface area contributed by atoms with Crippen LogP contribution in [0, 0.1) is 0 Å². The summed E-state index contributed by atoms with van der Waals surface area (Å²) in [6, 6.07) is 32.1. The second-order valence-electron chi connectivity index (χ2n) is 9.13. The smallest absolute Gasteiger partial charge is 0.149 e. The second-order valence-corrected chi connectivity index (χ2v) is 10.6. The average molecular weight is 439 g/mol. The molecule has 5 rings (SSSR count). The zero-order valence-electron chi connectivity index (χ0n) is 18.9. The number of thioether (sulfide) groups is 1. The van der Waals surface area contributed by atoms with Crippen LogP contribution in [0.4, 0.5) is 0 Å². The van der Waals surface area contributed by atoms with E-state index in [4.69, 9.17) is 0 Å². The van der Waals surface area contributed by atoms with Gasteiger partial charge in [0.25, 0.3) is 0 Å². The van der Waals surface area contributed by atoms with E-state index in [2.05, 4.69) is 118 Å². The van der Waals surface area contributed by atoms with E-state index in [1.54, 1.807) is 11.8 Å². The predicted molar refractivity (Wildman–Crippen MR) is 136 cm³/mol. The van der Waals surface area contributed by atoms with Crippen LogP contribution >= 0.6 is 11.8 Å². The molecular weight excluding hydrogens is 408 g/mol. The van der Waals surface area contributed by atoms with Gasteiger partial charge < -0.3 is 5.11 Å². The van der Waals surface area contributed by atoms with Crippen LogP contribution < -0.4 is 0 Å². The van der Waals surface area contributed by atoms with Crippen molar-refractivity contribution in [3.63, 3.8) is 0 Å². The Hall–Kier alpha value is -2.55. The van der Waals surface area contributed by atoms with Crippen molar-refractivity contribution in [3.05, 3.63) is 131 Å². The highest BCUT2D eigenvalue weighted by Crippen LogP contribution is 2.76. The van der Waals surface area contributed by atoms with Crippen molar-refractivity contribution in [2.75, 3.05) is 0 Å². The molecule has 0 amide bonds. The fraction of sp³-hybridized carbons (Fsp3) is 0.267. The number of hydrogen-bond donors (Lipinski definition) is 1. The molecule has 1 nitrogen and oxygen atoms in total. The molecule has 1 aliphatic carbocycles. The van der Waals surface area contributed by atoms with E-state index in [-0.39, 0.29) is 22.5 Å². The Morgan fingerprint density at radius 1 is 0.656 bits per heavy atom. The zero-order valence-corrected chi connectivity index (χ0v) is 19.7. The van der Waals surface area contributed by atoms with Gasteiger partial charge in [-0.2, -0.15) is 0 Å². The van der Waals surface area contributed by atoms with Crippen molar-refractivity contribution >= 4 is 11.8 Å². The van der Waals surface area contributed by atoms with Crippen LogP contribution in [-0.4, -0.2) is 14.8 Å². The predicted octanol–water partition coefficient (Wildman–Crippen LogP) is 7.44. The molecule has 0 aromatic heterocycles. The Morgan fingerprint density at radius 3 is 1.66 bits per heavy atom. The van der Waals surface area contributed by atoms with Gasteiger partial charge in [-0.15, -0.1) is 11.8 Å². The standard InChI is InChI=1S/C30H30OS/c1-21(24-13-7-4-8-14-24)27-19-20-29(31)30(32-29,23(3)26-17-11-6-12-18-26)28(27)22(2)25-15-9-5-10-16-25/h4-23,31H,1-3H3. The highest BCUT2D eigenvalue weighted by Gasteiger charge is 2.73. The lowest BCUT2D eigenvalue weighted by Gasteiger charge is -2.37. The minimum atomic E-state index is -0.861. The molecule has 32 heavy (non-hydrogen) atoms. The van der Waals surface area contributed by atoms with Crippen molar-refractivity contribution < 1.29 is 5.11 Å². The van der Waals surface area contributed by atoms with E-state index in [0.29, 0.717) is 0 Å². The first-order valence-electron chi connectivity index (χ1n) is 11.5. The van der Waals surface area contributed by atoms with Gasteiger partial charge in [0.1, 0.15) is 4.93 Å². The number of allylic oxidation sites excluding steroid dienone is 2. The van der Waals surface area contributed by atoms with E-state index in [1.165, 1.54) is 27.8 Å². The summed E-state index contributed by atoms with van der Waals surface area (Å²) in [7, 11) is 0. The van der Waals surface area contributed by atoms with Crippen LogP contribution in [0.25, 0.3) is 0 Å². The van der Waals surface area contributed by atoms with Gasteiger partial charge in [-0.3, -0.25) is 0 Å². The molecule has 0 bridgehead atoms. The van der Waals surface area contributed by atoms with Crippen molar-refractivity contribution in [2.45, 2.75) is 48.2 Å². The molecule has 1 fully saturated rings. The first-order valence-corrected chi connectivity index (χ1v) is 12.3. The van der Waals surface area contributed by atoms with Crippen molar-refractivity contribution in [2.24, 2.45) is 0 Å². The number of aliphatic hydroxyl groups is 1. The number of fused-ring (bicyclic) bond motifs is 1.